The molecule has 254 valence electrons. The number of nitrogens with two attached hydrogens (primary N) is 1. The van der Waals surface area contributed by atoms with Crippen LogP contribution in [-0.2, 0) is 29.5 Å². The summed E-state index contributed by atoms with van der Waals surface area (Å²) in [5.74, 6) is -2.37. The average molecular weight is 681 g/mol. The molecule has 48 heavy (non-hydrogen) atoms. The highest BCUT2D eigenvalue weighted by Gasteiger charge is 2.42. The van der Waals surface area contributed by atoms with Crippen molar-refractivity contribution in [3.63, 3.8) is 0 Å². The van der Waals surface area contributed by atoms with Crippen LogP contribution in [0.15, 0.2) is 108 Å². The number of dihydropyridines is 1. The fourth-order valence-corrected chi connectivity index (χ4v) is 5.64. The summed E-state index contributed by atoms with van der Waals surface area (Å²) in [7, 11) is -4.67. The number of nitrogens with zero attached hydrogens (tertiary/aromatic N) is 2. The van der Waals surface area contributed by atoms with Gasteiger partial charge in [-0.2, -0.15) is 8.42 Å². The van der Waals surface area contributed by atoms with Gasteiger partial charge in [0.15, 0.2) is 0 Å². The van der Waals surface area contributed by atoms with E-state index in [-0.39, 0.29) is 28.7 Å². The highest BCUT2D eigenvalue weighted by Crippen LogP contribution is 2.40. The standard InChI is InChI=1S/C33H34N4O6.H2O4S/c1-20(2)42-32(38)27-21(3)35-31(34)29(28(27)24-15-10-16-25(17-24)37(40)41)33(39)43-26-18-36(19-26)30(22-11-6-4-7-12-22)23-13-8-5-9-14-23;1-5(2,3)4/h4-17,20,26,28,30,35H,18-19,34H2,1-3H3;(H2,1,2,3,4)/t28-;/m1./s1. The van der Waals surface area contributed by atoms with E-state index in [2.05, 4.69) is 34.5 Å². The van der Waals surface area contributed by atoms with Gasteiger partial charge >= 0.3 is 22.3 Å². The summed E-state index contributed by atoms with van der Waals surface area (Å²) in [5.41, 5.74) is 9.31. The molecule has 0 saturated carbocycles. The highest BCUT2D eigenvalue weighted by atomic mass is 32.3. The summed E-state index contributed by atoms with van der Waals surface area (Å²) in [6.45, 7) is 6.05. The number of hydrogen-bond donors (Lipinski definition) is 4. The Bertz CT molecular complexity index is 1780. The van der Waals surface area contributed by atoms with Gasteiger partial charge in [-0.3, -0.25) is 24.1 Å². The number of nitro benzene ring substituents is 1. The zero-order chi connectivity index (χ0) is 35.2. The van der Waals surface area contributed by atoms with Gasteiger partial charge in [-0.1, -0.05) is 72.8 Å². The number of carbonyl (C=O) groups is 2. The Hall–Kier alpha value is -5.09. The zero-order valence-electron chi connectivity index (χ0n) is 26.3. The van der Waals surface area contributed by atoms with Crippen LogP contribution in [0.4, 0.5) is 5.69 Å². The van der Waals surface area contributed by atoms with Crippen molar-refractivity contribution >= 4 is 28.0 Å². The molecule has 5 rings (SSSR count). The number of esters is 2. The molecular formula is C33H36N4O10S. The van der Waals surface area contributed by atoms with E-state index in [1.807, 2.05) is 36.4 Å². The summed E-state index contributed by atoms with van der Waals surface area (Å²) in [5, 5.41) is 14.5. The smallest absolute Gasteiger partial charge is 0.394 e. The van der Waals surface area contributed by atoms with Gasteiger partial charge in [-0.15, -0.1) is 0 Å². The maximum Gasteiger partial charge on any atom is 0.394 e. The van der Waals surface area contributed by atoms with E-state index in [0.717, 1.165) is 11.1 Å². The molecule has 2 heterocycles. The van der Waals surface area contributed by atoms with Crippen LogP contribution < -0.4 is 11.1 Å². The minimum atomic E-state index is -4.67. The maximum atomic E-state index is 13.8. The predicted octanol–water partition coefficient (Wildman–Crippen LogP) is 4.04. The Morgan fingerprint density at radius 3 is 1.98 bits per heavy atom. The van der Waals surface area contributed by atoms with E-state index < -0.39 is 45.4 Å². The Morgan fingerprint density at radius 1 is 0.938 bits per heavy atom. The minimum Gasteiger partial charge on any atom is -0.460 e. The molecule has 0 aromatic heterocycles. The second kappa shape index (κ2) is 15.2. The Labute approximate surface area is 277 Å². The van der Waals surface area contributed by atoms with E-state index in [1.54, 1.807) is 26.8 Å². The van der Waals surface area contributed by atoms with Crippen molar-refractivity contribution in [3.8, 4) is 0 Å². The second-order valence-corrected chi connectivity index (χ2v) is 12.3. The first-order valence-electron chi connectivity index (χ1n) is 14.8. The molecule has 0 radical (unpaired) electrons. The summed E-state index contributed by atoms with van der Waals surface area (Å²) in [6, 6.07) is 26.0. The van der Waals surface area contributed by atoms with Crippen molar-refractivity contribution in [3.05, 3.63) is 134 Å². The molecule has 3 aromatic rings. The topological polar surface area (TPSA) is 212 Å². The second-order valence-electron chi connectivity index (χ2n) is 11.4. The molecule has 3 aromatic carbocycles. The van der Waals surface area contributed by atoms with Gasteiger partial charge in [0.05, 0.1) is 34.1 Å². The molecule has 0 spiro atoms. The van der Waals surface area contributed by atoms with E-state index in [4.69, 9.17) is 32.7 Å². The van der Waals surface area contributed by atoms with Crippen molar-refractivity contribution < 1.29 is 41.5 Å². The summed E-state index contributed by atoms with van der Waals surface area (Å²) in [6.07, 6.45) is -0.855. The van der Waals surface area contributed by atoms with Gasteiger partial charge in [-0.05, 0) is 37.5 Å². The number of allylic oxidation sites excluding steroid dienone is 1. The van der Waals surface area contributed by atoms with Crippen LogP contribution in [0.5, 0.6) is 0 Å². The Balaban J connectivity index is 0.000000968. The molecule has 0 unspecified atom stereocenters. The van der Waals surface area contributed by atoms with Gasteiger partial charge in [0, 0.05) is 30.9 Å². The zero-order valence-corrected chi connectivity index (χ0v) is 27.2. The number of ether oxygens (including phenoxy) is 2. The fraction of sp³-hybridized carbons (Fsp3) is 0.273. The van der Waals surface area contributed by atoms with Crippen LogP contribution in [0.3, 0.4) is 0 Å². The van der Waals surface area contributed by atoms with E-state index in [1.165, 1.54) is 18.2 Å². The number of likely N-dealkylation sites (tertiary alicyclic amines) is 1. The fourth-order valence-electron chi connectivity index (χ4n) is 5.64. The first-order chi connectivity index (χ1) is 22.6. The van der Waals surface area contributed by atoms with Gasteiger partial charge in [0.2, 0.25) is 0 Å². The van der Waals surface area contributed by atoms with Crippen LogP contribution >= 0.6 is 0 Å². The number of nitro groups is 1. The first-order valence-corrected chi connectivity index (χ1v) is 16.2. The number of hydrogen-bond acceptors (Lipinski definition) is 11. The van der Waals surface area contributed by atoms with Crippen LogP contribution in [0, 0.1) is 10.1 Å². The molecule has 14 nitrogen and oxygen atoms in total. The van der Waals surface area contributed by atoms with E-state index >= 15 is 0 Å². The van der Waals surface area contributed by atoms with Crippen LogP contribution in [0.2, 0.25) is 0 Å². The number of benzene rings is 3. The molecule has 0 aliphatic carbocycles. The summed E-state index contributed by atoms with van der Waals surface area (Å²) >= 11 is 0. The molecule has 0 bridgehead atoms. The third kappa shape index (κ3) is 9.04. The van der Waals surface area contributed by atoms with Gasteiger partial charge in [0.25, 0.3) is 5.69 Å². The molecule has 2 aliphatic rings. The highest BCUT2D eigenvalue weighted by molar-refractivity contribution is 7.79. The number of nitrogens with one attached hydrogen (secondary N) is 1. The van der Waals surface area contributed by atoms with Crippen molar-refractivity contribution in [1.82, 2.24) is 10.2 Å². The third-order valence-corrected chi connectivity index (χ3v) is 7.54. The average Bonchev–Trinajstić information content (AvgIpc) is 2.99. The summed E-state index contributed by atoms with van der Waals surface area (Å²) < 4.78 is 43.0. The van der Waals surface area contributed by atoms with Gasteiger partial charge < -0.3 is 20.5 Å². The first kappa shape index (κ1) is 35.8. The maximum absolute atomic E-state index is 13.8. The molecular weight excluding hydrogens is 644 g/mol. The lowest BCUT2D eigenvalue weighted by atomic mass is 9.81. The van der Waals surface area contributed by atoms with Crippen molar-refractivity contribution in [1.29, 1.82) is 0 Å². The third-order valence-electron chi connectivity index (χ3n) is 7.54. The Morgan fingerprint density at radius 2 is 1.48 bits per heavy atom. The molecule has 0 amide bonds. The van der Waals surface area contributed by atoms with Crippen molar-refractivity contribution in [2.24, 2.45) is 5.73 Å². The number of carbonyl (C=O) groups excluding carboxylic acids is 2. The van der Waals surface area contributed by atoms with E-state index in [0.29, 0.717) is 24.4 Å². The van der Waals surface area contributed by atoms with E-state index in [9.17, 15) is 19.7 Å². The largest absolute Gasteiger partial charge is 0.460 e. The molecule has 15 heteroatoms. The lowest BCUT2D eigenvalue weighted by molar-refractivity contribution is -0.384. The lowest BCUT2D eigenvalue weighted by Crippen LogP contribution is -2.54. The van der Waals surface area contributed by atoms with Crippen molar-refractivity contribution in [2.45, 2.75) is 44.9 Å². The Kier molecular flexibility index (Phi) is 11.3. The quantitative estimate of drug-likeness (QED) is 0.109. The predicted molar refractivity (Wildman–Crippen MR) is 174 cm³/mol. The molecule has 2 aliphatic heterocycles. The van der Waals surface area contributed by atoms with Crippen LogP contribution in [0.25, 0.3) is 0 Å². The van der Waals surface area contributed by atoms with Crippen LogP contribution in [0.1, 0.15) is 49.4 Å². The molecule has 1 atom stereocenters. The monoisotopic (exact) mass is 680 g/mol. The van der Waals surface area contributed by atoms with Gasteiger partial charge in [-0.25, -0.2) is 9.59 Å². The SMILES string of the molecule is CC1=C(C(=O)OC(C)C)[C@@H](c2cccc([N+](=O)[O-])c2)C(C(=O)OC2CN(C(c3ccccc3)c3ccccc3)C2)=C(N)N1.O=S(=O)(O)O. The number of rotatable bonds is 9. The minimum absolute atomic E-state index is 0.00271. The number of non-ortho nitro benzene ring substituents is 1. The molecule has 1 fully saturated rings. The normalized spacial score (nSPS) is 16.9. The molecule has 1 saturated heterocycles. The van der Waals surface area contributed by atoms with Crippen LogP contribution in [-0.4, -0.2) is 64.6 Å². The van der Waals surface area contributed by atoms with Crippen molar-refractivity contribution in [2.75, 3.05) is 13.1 Å². The molecule has 5 N–H and O–H groups in total. The van der Waals surface area contributed by atoms with Gasteiger partial charge in [0.1, 0.15) is 11.9 Å². The lowest BCUT2D eigenvalue weighted by Gasteiger charge is -2.44. The summed E-state index contributed by atoms with van der Waals surface area (Å²) in [4.78, 5) is 40.4.